The van der Waals surface area contributed by atoms with Crippen LogP contribution in [0.4, 0.5) is 5.69 Å². The number of nitrogens with one attached hydrogen (secondary N) is 1. The third kappa shape index (κ3) is 4.74. The maximum Gasteiger partial charge on any atom is 0.335 e. The Morgan fingerprint density at radius 2 is 1.69 bits per heavy atom. The van der Waals surface area contributed by atoms with Crippen molar-refractivity contribution in [1.82, 2.24) is 4.31 Å². The van der Waals surface area contributed by atoms with Crippen molar-refractivity contribution < 1.29 is 31.5 Å². The summed E-state index contributed by atoms with van der Waals surface area (Å²) in [6.45, 7) is 4.02. The average molecular weight is 483 g/mol. The van der Waals surface area contributed by atoms with Crippen LogP contribution in [0.15, 0.2) is 40.1 Å². The number of piperidine rings is 1. The van der Waals surface area contributed by atoms with Crippen LogP contribution in [0, 0.1) is 13.8 Å². The fraction of sp³-hybridized carbons (Fsp3) is 0.381. The van der Waals surface area contributed by atoms with Crippen molar-refractivity contribution in [1.29, 1.82) is 0 Å². The first-order valence-electron chi connectivity index (χ1n) is 10.0. The molecule has 0 saturated carbocycles. The number of aromatic carboxylic acids is 1. The zero-order valence-corrected chi connectivity index (χ0v) is 19.7. The normalized spacial score (nSPS) is 15.3. The molecule has 1 saturated heterocycles. The lowest BCUT2D eigenvalue weighted by Crippen LogP contribution is -2.35. The van der Waals surface area contributed by atoms with Crippen molar-refractivity contribution in [2.75, 3.05) is 24.9 Å². The van der Waals surface area contributed by atoms with Gasteiger partial charge in [-0.1, -0.05) is 6.42 Å². The number of rotatable bonds is 7. The minimum Gasteiger partial charge on any atom is -0.495 e. The maximum atomic E-state index is 13.2. The van der Waals surface area contributed by atoms with Crippen LogP contribution in [0.1, 0.15) is 40.7 Å². The standard InChI is InChI=1S/C21H26N2O7S2/c1-14-11-16(21(24)25)12-20(15(14)2)31(26,27)22-18-13-17(7-8-19(18)30-3)32(28,29)23-9-5-4-6-10-23/h7-8,11-13,22H,4-6,9-10H2,1-3H3,(H,24,25). The van der Waals surface area contributed by atoms with E-state index in [2.05, 4.69) is 4.72 Å². The molecule has 0 aromatic heterocycles. The minimum absolute atomic E-state index is 0.0508. The van der Waals surface area contributed by atoms with Crippen LogP contribution in [0.3, 0.4) is 0 Å². The first-order chi connectivity index (χ1) is 15.0. The Kier molecular flexibility index (Phi) is 6.82. The summed E-state index contributed by atoms with van der Waals surface area (Å²) in [5.41, 5.74) is 0.669. The second kappa shape index (κ2) is 9.08. The number of hydrogen-bond donors (Lipinski definition) is 2. The number of nitrogens with zero attached hydrogens (tertiary/aromatic N) is 1. The van der Waals surface area contributed by atoms with Crippen molar-refractivity contribution in [2.24, 2.45) is 0 Å². The highest BCUT2D eigenvalue weighted by Gasteiger charge is 2.28. The number of aryl methyl sites for hydroxylation is 1. The van der Waals surface area contributed by atoms with Crippen molar-refractivity contribution in [3.63, 3.8) is 0 Å². The van der Waals surface area contributed by atoms with Crippen LogP contribution in [-0.4, -0.2) is 52.4 Å². The molecule has 0 unspecified atom stereocenters. The number of benzene rings is 2. The summed E-state index contributed by atoms with van der Waals surface area (Å²) in [6.07, 6.45) is 2.51. The van der Waals surface area contributed by atoms with E-state index < -0.39 is 26.0 Å². The van der Waals surface area contributed by atoms with Crippen LogP contribution >= 0.6 is 0 Å². The molecule has 1 heterocycles. The number of ether oxygens (including phenoxy) is 1. The number of carboxylic acid groups (broad SMARTS) is 1. The first kappa shape index (κ1) is 24.0. The van der Waals surface area contributed by atoms with E-state index in [4.69, 9.17) is 4.74 Å². The van der Waals surface area contributed by atoms with Crippen molar-refractivity contribution in [2.45, 2.75) is 42.9 Å². The maximum absolute atomic E-state index is 13.2. The SMILES string of the molecule is COc1ccc(S(=O)(=O)N2CCCCC2)cc1NS(=O)(=O)c1cc(C(=O)O)cc(C)c1C. The molecule has 0 bridgehead atoms. The largest absolute Gasteiger partial charge is 0.495 e. The summed E-state index contributed by atoms with van der Waals surface area (Å²) in [7, 11) is -6.70. The Hall–Kier alpha value is -2.63. The molecule has 0 spiro atoms. The smallest absolute Gasteiger partial charge is 0.335 e. The lowest BCUT2D eigenvalue weighted by atomic mass is 10.1. The summed E-state index contributed by atoms with van der Waals surface area (Å²) >= 11 is 0. The summed E-state index contributed by atoms with van der Waals surface area (Å²) < 4.78 is 61.4. The van der Waals surface area contributed by atoms with Crippen molar-refractivity contribution >= 4 is 31.7 Å². The number of carbonyl (C=O) groups is 1. The lowest BCUT2D eigenvalue weighted by molar-refractivity contribution is 0.0696. The molecule has 0 radical (unpaired) electrons. The Morgan fingerprint density at radius 3 is 2.28 bits per heavy atom. The summed E-state index contributed by atoms with van der Waals surface area (Å²) in [5, 5.41) is 9.31. The van der Waals surface area contributed by atoms with Crippen LogP contribution < -0.4 is 9.46 Å². The van der Waals surface area contributed by atoms with E-state index in [9.17, 15) is 26.7 Å². The lowest BCUT2D eigenvalue weighted by Gasteiger charge is -2.26. The van der Waals surface area contributed by atoms with Crippen molar-refractivity contribution in [3.05, 3.63) is 47.0 Å². The van der Waals surface area contributed by atoms with E-state index in [0.29, 0.717) is 24.2 Å². The van der Waals surface area contributed by atoms with Gasteiger partial charge < -0.3 is 9.84 Å². The monoisotopic (exact) mass is 482 g/mol. The van der Waals surface area contributed by atoms with E-state index in [0.717, 1.165) is 25.3 Å². The fourth-order valence-electron chi connectivity index (χ4n) is 3.61. The molecule has 1 aliphatic heterocycles. The molecular weight excluding hydrogens is 456 g/mol. The number of sulfonamides is 2. The van der Waals surface area contributed by atoms with E-state index in [1.807, 2.05) is 0 Å². The number of methoxy groups -OCH3 is 1. The van der Waals surface area contributed by atoms with E-state index in [1.165, 1.54) is 35.7 Å². The van der Waals surface area contributed by atoms with Gasteiger partial charge in [0.25, 0.3) is 10.0 Å². The molecule has 32 heavy (non-hydrogen) atoms. The highest BCUT2D eigenvalue weighted by molar-refractivity contribution is 7.92. The number of anilines is 1. The van der Waals surface area contributed by atoms with Crippen LogP contribution in [0.5, 0.6) is 5.75 Å². The third-order valence-electron chi connectivity index (χ3n) is 5.52. The Morgan fingerprint density at radius 1 is 1.03 bits per heavy atom. The molecule has 2 N–H and O–H groups in total. The molecule has 0 aliphatic carbocycles. The molecule has 0 atom stereocenters. The van der Waals surface area contributed by atoms with Crippen LogP contribution in [0.25, 0.3) is 0 Å². The second-order valence-corrected chi connectivity index (χ2v) is 11.2. The van der Waals surface area contributed by atoms with Gasteiger partial charge in [-0.05, 0) is 68.1 Å². The zero-order valence-electron chi connectivity index (χ0n) is 18.1. The Balaban J connectivity index is 2.05. The average Bonchev–Trinajstić information content (AvgIpc) is 2.75. The summed E-state index contributed by atoms with van der Waals surface area (Å²) in [6, 6.07) is 6.46. The molecule has 1 fully saturated rings. The predicted molar refractivity (Wildman–Crippen MR) is 119 cm³/mol. The third-order valence-corrected chi connectivity index (χ3v) is 8.91. The fourth-order valence-corrected chi connectivity index (χ4v) is 6.56. The molecular formula is C21H26N2O7S2. The van der Waals surface area contributed by atoms with Gasteiger partial charge in [-0.3, -0.25) is 4.72 Å². The van der Waals surface area contributed by atoms with Gasteiger partial charge in [0, 0.05) is 13.1 Å². The minimum atomic E-state index is -4.24. The molecule has 3 rings (SSSR count). The van der Waals surface area contributed by atoms with E-state index >= 15 is 0 Å². The highest BCUT2D eigenvalue weighted by Crippen LogP contribution is 2.32. The quantitative estimate of drug-likeness (QED) is 0.620. The van der Waals surface area contributed by atoms with Gasteiger partial charge in [0.05, 0.1) is 28.2 Å². The molecule has 9 nitrogen and oxygen atoms in total. The second-order valence-electron chi connectivity index (χ2n) is 7.65. The molecule has 174 valence electrons. The molecule has 2 aromatic rings. The zero-order chi connectivity index (χ0) is 23.7. The first-order valence-corrected chi connectivity index (χ1v) is 13.0. The summed E-state index contributed by atoms with van der Waals surface area (Å²) in [4.78, 5) is 11.1. The van der Waals surface area contributed by atoms with Gasteiger partial charge in [0.1, 0.15) is 5.75 Å². The Bertz CT molecular complexity index is 1250. The summed E-state index contributed by atoms with van der Waals surface area (Å²) in [5.74, 6) is -1.12. The van der Waals surface area contributed by atoms with Gasteiger partial charge in [0.15, 0.2) is 0 Å². The predicted octanol–water partition coefficient (Wildman–Crippen LogP) is 2.99. The van der Waals surface area contributed by atoms with Crippen molar-refractivity contribution in [3.8, 4) is 5.75 Å². The molecule has 2 aromatic carbocycles. The number of hydrogen-bond acceptors (Lipinski definition) is 6. The van der Waals surface area contributed by atoms with Gasteiger partial charge in [-0.2, -0.15) is 4.31 Å². The van der Waals surface area contributed by atoms with E-state index in [-0.39, 0.29) is 26.8 Å². The highest BCUT2D eigenvalue weighted by atomic mass is 32.2. The Labute approximate surface area is 188 Å². The van der Waals surface area contributed by atoms with Gasteiger partial charge in [-0.25, -0.2) is 21.6 Å². The van der Waals surface area contributed by atoms with Gasteiger partial charge in [-0.15, -0.1) is 0 Å². The topological polar surface area (TPSA) is 130 Å². The van der Waals surface area contributed by atoms with Crippen LogP contribution in [0.2, 0.25) is 0 Å². The van der Waals surface area contributed by atoms with E-state index in [1.54, 1.807) is 13.8 Å². The van der Waals surface area contributed by atoms with Crippen LogP contribution in [-0.2, 0) is 20.0 Å². The molecule has 0 amide bonds. The van der Waals surface area contributed by atoms with Gasteiger partial charge >= 0.3 is 5.97 Å². The molecule has 11 heteroatoms. The number of carboxylic acids is 1. The van der Waals surface area contributed by atoms with Gasteiger partial charge in [0.2, 0.25) is 10.0 Å². The molecule has 1 aliphatic rings.